The molecule has 0 unspecified atom stereocenters. The summed E-state index contributed by atoms with van der Waals surface area (Å²) in [6.07, 6.45) is 4.57. The van der Waals surface area contributed by atoms with Crippen molar-refractivity contribution in [2.45, 2.75) is 25.8 Å². The Bertz CT molecular complexity index is 435. The zero-order valence-corrected chi connectivity index (χ0v) is 8.22. The summed E-state index contributed by atoms with van der Waals surface area (Å²) in [4.78, 5) is 25.9. The summed E-state index contributed by atoms with van der Waals surface area (Å²) in [5, 5.41) is 8.53. The fourth-order valence-corrected chi connectivity index (χ4v) is 1.46. The van der Waals surface area contributed by atoms with E-state index in [1.807, 2.05) is 0 Å². The van der Waals surface area contributed by atoms with Crippen LogP contribution < -0.4 is 5.56 Å². The largest absolute Gasteiger partial charge is 0.480 e. The van der Waals surface area contributed by atoms with E-state index in [1.54, 1.807) is 0 Å². The highest BCUT2D eigenvalue weighted by molar-refractivity contribution is 5.66. The lowest BCUT2D eigenvalue weighted by Gasteiger charge is -2.02. The van der Waals surface area contributed by atoms with Crippen molar-refractivity contribution in [3.05, 3.63) is 28.4 Å². The smallest absolute Gasteiger partial charge is 0.323 e. The van der Waals surface area contributed by atoms with Gasteiger partial charge in [0, 0.05) is 11.8 Å². The van der Waals surface area contributed by atoms with Crippen LogP contribution in [0.1, 0.15) is 18.5 Å². The predicted octanol–water partition coefficient (Wildman–Crippen LogP) is 0.280. The average Bonchev–Trinajstić information content (AvgIpc) is 2.93. The number of hydrogen-bond donors (Lipinski definition) is 1. The predicted molar refractivity (Wildman–Crippen MR) is 52.6 cm³/mol. The number of carbonyl (C=O) groups is 1. The maximum Gasteiger partial charge on any atom is 0.323 e. The highest BCUT2D eigenvalue weighted by Crippen LogP contribution is 2.31. The number of hydrogen-bond acceptors (Lipinski definition) is 3. The van der Waals surface area contributed by atoms with E-state index >= 15 is 0 Å². The molecule has 0 amide bonds. The molecule has 1 fully saturated rings. The van der Waals surface area contributed by atoms with Gasteiger partial charge in [0.05, 0.1) is 6.33 Å². The van der Waals surface area contributed by atoms with Gasteiger partial charge in [0.2, 0.25) is 0 Å². The summed E-state index contributed by atoms with van der Waals surface area (Å²) < 4.78 is 1.10. The minimum absolute atomic E-state index is 0.289. The molecule has 0 radical (unpaired) electrons. The summed E-state index contributed by atoms with van der Waals surface area (Å²) >= 11 is 0. The SMILES string of the molecule is O=C(O)Cn1cnc(CC2CC2)cc1=O. The van der Waals surface area contributed by atoms with Gasteiger partial charge in [-0.3, -0.25) is 14.2 Å². The molecule has 15 heavy (non-hydrogen) atoms. The lowest BCUT2D eigenvalue weighted by molar-refractivity contribution is -0.137. The van der Waals surface area contributed by atoms with Crippen molar-refractivity contribution in [3.8, 4) is 0 Å². The maximum absolute atomic E-state index is 11.4. The molecule has 80 valence electrons. The molecule has 0 saturated heterocycles. The maximum atomic E-state index is 11.4. The van der Waals surface area contributed by atoms with Crippen molar-refractivity contribution >= 4 is 5.97 Å². The van der Waals surface area contributed by atoms with Gasteiger partial charge in [0.1, 0.15) is 6.54 Å². The van der Waals surface area contributed by atoms with Crippen LogP contribution in [0.2, 0.25) is 0 Å². The van der Waals surface area contributed by atoms with Crippen LogP contribution in [-0.2, 0) is 17.8 Å². The van der Waals surface area contributed by atoms with Crippen molar-refractivity contribution in [1.82, 2.24) is 9.55 Å². The van der Waals surface area contributed by atoms with Gasteiger partial charge in [0.15, 0.2) is 0 Å². The van der Waals surface area contributed by atoms with Gasteiger partial charge in [-0.25, -0.2) is 4.98 Å². The topological polar surface area (TPSA) is 72.2 Å². The molecule has 1 saturated carbocycles. The molecular formula is C10H12N2O3. The zero-order valence-electron chi connectivity index (χ0n) is 8.22. The van der Waals surface area contributed by atoms with Crippen molar-refractivity contribution in [1.29, 1.82) is 0 Å². The van der Waals surface area contributed by atoms with Crippen LogP contribution in [0, 0.1) is 5.92 Å². The molecule has 0 aliphatic heterocycles. The second-order valence-electron chi connectivity index (χ2n) is 3.89. The van der Waals surface area contributed by atoms with Crippen LogP contribution in [0.25, 0.3) is 0 Å². The molecule has 1 aromatic rings. The third kappa shape index (κ3) is 2.65. The minimum atomic E-state index is -1.03. The number of nitrogens with zero attached hydrogens (tertiary/aromatic N) is 2. The normalized spacial score (nSPS) is 15.2. The van der Waals surface area contributed by atoms with E-state index in [9.17, 15) is 9.59 Å². The van der Waals surface area contributed by atoms with E-state index < -0.39 is 5.97 Å². The first-order valence-electron chi connectivity index (χ1n) is 4.92. The molecule has 0 atom stereocenters. The van der Waals surface area contributed by atoms with Gasteiger partial charge in [-0.1, -0.05) is 0 Å². The van der Waals surface area contributed by atoms with Gasteiger partial charge in [-0.05, 0) is 25.2 Å². The highest BCUT2D eigenvalue weighted by atomic mass is 16.4. The summed E-state index contributed by atoms with van der Waals surface area (Å²) in [7, 11) is 0. The Balaban J connectivity index is 2.14. The number of aromatic nitrogens is 2. The van der Waals surface area contributed by atoms with Crippen LogP contribution in [-0.4, -0.2) is 20.6 Å². The summed E-state index contributed by atoms with van der Waals surface area (Å²) in [5.41, 5.74) is 0.479. The number of carboxylic acid groups (broad SMARTS) is 1. The van der Waals surface area contributed by atoms with E-state index in [-0.39, 0.29) is 12.1 Å². The van der Waals surface area contributed by atoms with Crippen LogP contribution >= 0.6 is 0 Å². The molecule has 0 spiro atoms. The van der Waals surface area contributed by atoms with E-state index in [0.29, 0.717) is 5.92 Å². The van der Waals surface area contributed by atoms with Gasteiger partial charge in [0.25, 0.3) is 5.56 Å². The minimum Gasteiger partial charge on any atom is -0.480 e. The molecule has 5 heteroatoms. The molecular weight excluding hydrogens is 196 g/mol. The first kappa shape index (κ1) is 9.89. The number of carboxylic acids is 1. The van der Waals surface area contributed by atoms with Crippen molar-refractivity contribution in [3.63, 3.8) is 0 Å². The van der Waals surface area contributed by atoms with Gasteiger partial charge in [-0.15, -0.1) is 0 Å². The Hall–Kier alpha value is -1.65. The summed E-state index contributed by atoms with van der Waals surface area (Å²) in [6.45, 7) is -0.324. The van der Waals surface area contributed by atoms with Crippen LogP contribution in [0.15, 0.2) is 17.2 Å². The lowest BCUT2D eigenvalue weighted by Crippen LogP contribution is -2.24. The molecule has 0 bridgehead atoms. The molecule has 1 N–H and O–H groups in total. The fraction of sp³-hybridized carbons (Fsp3) is 0.500. The van der Waals surface area contributed by atoms with Gasteiger partial charge >= 0.3 is 5.97 Å². The van der Waals surface area contributed by atoms with Crippen molar-refractivity contribution in [2.24, 2.45) is 5.92 Å². The molecule has 2 rings (SSSR count). The Kier molecular flexibility index (Phi) is 2.53. The summed E-state index contributed by atoms with van der Waals surface area (Å²) in [5.74, 6) is -0.360. The molecule has 1 aliphatic carbocycles. The molecule has 1 heterocycles. The Labute approximate surface area is 86.4 Å². The van der Waals surface area contributed by atoms with Gasteiger partial charge < -0.3 is 5.11 Å². The molecule has 5 nitrogen and oxygen atoms in total. The van der Waals surface area contributed by atoms with E-state index in [0.717, 1.165) is 16.7 Å². The third-order valence-corrected chi connectivity index (χ3v) is 2.44. The first-order valence-corrected chi connectivity index (χ1v) is 4.92. The van der Waals surface area contributed by atoms with E-state index in [2.05, 4.69) is 4.98 Å². The van der Waals surface area contributed by atoms with Crippen LogP contribution in [0.5, 0.6) is 0 Å². The molecule has 1 aliphatic rings. The average molecular weight is 208 g/mol. The summed E-state index contributed by atoms with van der Waals surface area (Å²) in [6, 6.07) is 1.43. The molecule has 1 aromatic heterocycles. The highest BCUT2D eigenvalue weighted by Gasteiger charge is 2.22. The third-order valence-electron chi connectivity index (χ3n) is 2.44. The number of rotatable bonds is 4. The lowest BCUT2D eigenvalue weighted by atomic mass is 10.2. The van der Waals surface area contributed by atoms with Crippen LogP contribution in [0.4, 0.5) is 0 Å². The fourth-order valence-electron chi connectivity index (χ4n) is 1.46. The van der Waals surface area contributed by atoms with E-state index in [1.165, 1.54) is 25.2 Å². The first-order chi connectivity index (χ1) is 7.15. The monoisotopic (exact) mass is 208 g/mol. The van der Waals surface area contributed by atoms with Crippen molar-refractivity contribution < 1.29 is 9.90 Å². The van der Waals surface area contributed by atoms with Crippen molar-refractivity contribution in [2.75, 3.05) is 0 Å². The second kappa shape index (κ2) is 3.84. The van der Waals surface area contributed by atoms with Gasteiger partial charge in [-0.2, -0.15) is 0 Å². The Morgan fingerprint density at radius 2 is 2.33 bits per heavy atom. The second-order valence-corrected chi connectivity index (χ2v) is 3.89. The van der Waals surface area contributed by atoms with E-state index in [4.69, 9.17) is 5.11 Å². The quantitative estimate of drug-likeness (QED) is 0.771. The van der Waals surface area contributed by atoms with Crippen LogP contribution in [0.3, 0.4) is 0 Å². The Morgan fingerprint density at radius 3 is 2.87 bits per heavy atom. The number of aliphatic carboxylic acids is 1. The Morgan fingerprint density at radius 1 is 1.60 bits per heavy atom. The zero-order chi connectivity index (χ0) is 10.8. The standard InChI is InChI=1S/C10H12N2O3/c13-9-4-8(3-7-1-2-7)11-6-12(9)5-10(14)15/h4,6-7H,1-3,5H2,(H,14,15). The molecule has 0 aromatic carbocycles.